The van der Waals surface area contributed by atoms with Crippen LogP contribution in [0.1, 0.15) is 36.8 Å². The summed E-state index contributed by atoms with van der Waals surface area (Å²) in [6.07, 6.45) is 6.45. The smallest absolute Gasteiger partial charge is 0.163 e. The van der Waals surface area contributed by atoms with Crippen molar-refractivity contribution >= 4 is 16.7 Å². The fourth-order valence-corrected chi connectivity index (χ4v) is 4.64. The molecule has 0 atom stereocenters. The molecule has 9 nitrogen and oxygen atoms in total. The first-order valence-electron chi connectivity index (χ1n) is 12.1. The van der Waals surface area contributed by atoms with E-state index >= 15 is 0 Å². The SMILES string of the molecule is CCOc1cc(-c2nncn2C)ccc1Cc1ncc2cc(C)nc(N3CCC(OC)CC3)c2n1. The molecule has 1 aliphatic heterocycles. The summed E-state index contributed by atoms with van der Waals surface area (Å²) in [5, 5.41) is 9.22. The van der Waals surface area contributed by atoms with Crippen molar-refractivity contribution in [2.45, 2.75) is 39.2 Å². The number of anilines is 1. The van der Waals surface area contributed by atoms with Crippen LogP contribution in [0.15, 0.2) is 36.8 Å². The lowest BCUT2D eigenvalue weighted by atomic mass is 10.1. The van der Waals surface area contributed by atoms with Gasteiger partial charge in [-0.3, -0.25) is 0 Å². The molecule has 0 N–H and O–H groups in total. The molecule has 0 amide bonds. The summed E-state index contributed by atoms with van der Waals surface area (Å²) in [4.78, 5) is 16.9. The third-order valence-corrected chi connectivity index (χ3v) is 6.49. The van der Waals surface area contributed by atoms with Crippen molar-refractivity contribution in [3.05, 3.63) is 53.9 Å². The van der Waals surface area contributed by atoms with Crippen molar-refractivity contribution in [3.63, 3.8) is 0 Å². The van der Waals surface area contributed by atoms with Crippen LogP contribution in [0.2, 0.25) is 0 Å². The van der Waals surface area contributed by atoms with E-state index < -0.39 is 0 Å². The van der Waals surface area contributed by atoms with Gasteiger partial charge in [0.15, 0.2) is 11.6 Å². The highest BCUT2D eigenvalue weighted by Gasteiger charge is 2.22. The number of aromatic nitrogens is 6. The van der Waals surface area contributed by atoms with Gasteiger partial charge in [-0.15, -0.1) is 10.2 Å². The summed E-state index contributed by atoms with van der Waals surface area (Å²) in [5.41, 5.74) is 3.85. The van der Waals surface area contributed by atoms with Crippen LogP contribution in [0, 0.1) is 6.92 Å². The van der Waals surface area contributed by atoms with Crippen LogP contribution in [-0.4, -0.2) is 62.6 Å². The molecular weight excluding hydrogens is 442 g/mol. The minimum Gasteiger partial charge on any atom is -0.494 e. The van der Waals surface area contributed by atoms with Crippen LogP contribution in [0.5, 0.6) is 5.75 Å². The molecule has 1 saturated heterocycles. The van der Waals surface area contributed by atoms with Gasteiger partial charge < -0.3 is 18.9 Å². The molecule has 4 aromatic rings. The van der Waals surface area contributed by atoms with Crippen molar-refractivity contribution in [1.82, 2.24) is 29.7 Å². The first-order valence-corrected chi connectivity index (χ1v) is 12.1. The normalized spacial score (nSPS) is 14.6. The molecular formula is C26H31N7O2. The van der Waals surface area contributed by atoms with Crippen LogP contribution < -0.4 is 9.64 Å². The second-order valence-electron chi connectivity index (χ2n) is 8.93. The first kappa shape index (κ1) is 23.2. The zero-order valence-corrected chi connectivity index (χ0v) is 20.7. The van der Waals surface area contributed by atoms with Crippen LogP contribution in [-0.2, 0) is 18.2 Å². The van der Waals surface area contributed by atoms with Crippen molar-refractivity contribution in [2.75, 3.05) is 31.7 Å². The number of fused-ring (bicyclic) bond motifs is 1. The van der Waals surface area contributed by atoms with E-state index in [1.165, 1.54) is 0 Å². The summed E-state index contributed by atoms with van der Waals surface area (Å²) in [6, 6.07) is 8.16. The zero-order valence-electron chi connectivity index (χ0n) is 20.7. The standard InChI is InChI=1S/C26H31N7O2/c1-5-35-22-13-19(25-31-28-16-32(25)3)7-6-18(22)14-23-27-15-20-12-17(2)29-26(24(20)30-23)33-10-8-21(34-4)9-11-33/h6-7,12-13,15-16,21H,5,8-11,14H2,1-4H3. The number of hydrogen-bond acceptors (Lipinski definition) is 8. The van der Waals surface area contributed by atoms with Gasteiger partial charge in [0.1, 0.15) is 23.4 Å². The monoisotopic (exact) mass is 473 g/mol. The van der Waals surface area contributed by atoms with Gasteiger partial charge >= 0.3 is 0 Å². The van der Waals surface area contributed by atoms with Gasteiger partial charge in [0.05, 0.1) is 12.7 Å². The zero-order chi connectivity index (χ0) is 24.4. The summed E-state index contributed by atoms with van der Waals surface area (Å²) in [5.74, 6) is 3.27. The molecule has 1 fully saturated rings. The molecule has 0 radical (unpaired) electrons. The topological polar surface area (TPSA) is 91.1 Å². The van der Waals surface area contributed by atoms with E-state index in [4.69, 9.17) is 19.4 Å². The summed E-state index contributed by atoms with van der Waals surface area (Å²) in [7, 11) is 3.72. The van der Waals surface area contributed by atoms with Gasteiger partial charge in [-0.2, -0.15) is 0 Å². The average Bonchev–Trinajstić information content (AvgIpc) is 3.31. The number of nitrogens with zero attached hydrogens (tertiary/aromatic N) is 7. The third-order valence-electron chi connectivity index (χ3n) is 6.49. The Kier molecular flexibility index (Phi) is 6.59. The maximum atomic E-state index is 5.99. The van der Waals surface area contributed by atoms with Crippen LogP contribution in [0.25, 0.3) is 22.3 Å². The highest BCUT2D eigenvalue weighted by molar-refractivity contribution is 5.88. The Morgan fingerprint density at radius 3 is 2.66 bits per heavy atom. The predicted octanol–water partition coefficient (Wildman–Crippen LogP) is 3.73. The molecule has 5 rings (SSSR count). The van der Waals surface area contributed by atoms with Crippen molar-refractivity contribution in [2.24, 2.45) is 7.05 Å². The molecule has 0 unspecified atom stereocenters. The number of piperidine rings is 1. The van der Waals surface area contributed by atoms with Gasteiger partial charge in [-0.05, 0) is 38.8 Å². The van der Waals surface area contributed by atoms with E-state index in [9.17, 15) is 0 Å². The minimum absolute atomic E-state index is 0.314. The maximum absolute atomic E-state index is 5.99. The summed E-state index contributed by atoms with van der Waals surface area (Å²) in [6.45, 7) is 6.38. The van der Waals surface area contributed by atoms with Gasteiger partial charge in [0.2, 0.25) is 0 Å². The third kappa shape index (κ3) is 4.81. The van der Waals surface area contributed by atoms with Crippen LogP contribution in [0.4, 0.5) is 5.82 Å². The number of hydrogen-bond donors (Lipinski definition) is 0. The highest BCUT2D eigenvalue weighted by Crippen LogP contribution is 2.30. The largest absolute Gasteiger partial charge is 0.494 e. The molecule has 35 heavy (non-hydrogen) atoms. The van der Waals surface area contributed by atoms with Crippen molar-refractivity contribution < 1.29 is 9.47 Å². The number of rotatable bonds is 7. The van der Waals surface area contributed by atoms with Crippen LogP contribution >= 0.6 is 0 Å². The Hall–Kier alpha value is -3.59. The van der Waals surface area contributed by atoms with Gasteiger partial charge in [0.25, 0.3) is 0 Å². The maximum Gasteiger partial charge on any atom is 0.163 e. The van der Waals surface area contributed by atoms with E-state index in [2.05, 4.69) is 26.1 Å². The molecule has 0 spiro atoms. The Morgan fingerprint density at radius 2 is 1.94 bits per heavy atom. The van der Waals surface area contributed by atoms with E-state index in [0.29, 0.717) is 19.1 Å². The highest BCUT2D eigenvalue weighted by atomic mass is 16.5. The number of pyridine rings is 1. The average molecular weight is 474 g/mol. The molecule has 1 aliphatic rings. The van der Waals surface area contributed by atoms with E-state index in [0.717, 1.165) is 76.9 Å². The second kappa shape index (κ2) is 9.95. The molecule has 1 aromatic carbocycles. The Morgan fingerprint density at radius 1 is 1.11 bits per heavy atom. The van der Waals surface area contributed by atoms with Gasteiger partial charge in [-0.1, -0.05) is 12.1 Å². The van der Waals surface area contributed by atoms with Gasteiger partial charge in [-0.25, -0.2) is 15.0 Å². The minimum atomic E-state index is 0.314. The molecule has 182 valence electrons. The van der Waals surface area contributed by atoms with Crippen molar-refractivity contribution in [3.8, 4) is 17.1 Å². The molecule has 9 heteroatoms. The lowest BCUT2D eigenvalue weighted by molar-refractivity contribution is 0.0818. The predicted molar refractivity (Wildman–Crippen MR) is 135 cm³/mol. The molecule has 3 aromatic heterocycles. The van der Waals surface area contributed by atoms with E-state index in [1.807, 2.05) is 49.9 Å². The summed E-state index contributed by atoms with van der Waals surface area (Å²) < 4.78 is 13.4. The molecule has 0 bridgehead atoms. The van der Waals surface area contributed by atoms with E-state index in [1.54, 1.807) is 13.4 Å². The molecule has 0 aliphatic carbocycles. The summed E-state index contributed by atoms with van der Waals surface area (Å²) >= 11 is 0. The quantitative estimate of drug-likeness (QED) is 0.401. The lowest BCUT2D eigenvalue weighted by Crippen LogP contribution is -2.37. The Bertz CT molecular complexity index is 1330. The fourth-order valence-electron chi connectivity index (χ4n) is 4.64. The number of benzene rings is 1. The van der Waals surface area contributed by atoms with Crippen molar-refractivity contribution in [1.29, 1.82) is 0 Å². The Balaban J connectivity index is 1.47. The number of aryl methyl sites for hydroxylation is 2. The number of ether oxygens (including phenoxy) is 2. The Labute approximate surface area is 205 Å². The molecule has 4 heterocycles. The fraction of sp³-hybridized carbons (Fsp3) is 0.423. The van der Waals surface area contributed by atoms with Gasteiger partial charge in [0, 0.05) is 62.1 Å². The van der Waals surface area contributed by atoms with E-state index in [-0.39, 0.29) is 0 Å². The second-order valence-corrected chi connectivity index (χ2v) is 8.93. The lowest BCUT2D eigenvalue weighted by Gasteiger charge is -2.32. The molecule has 0 saturated carbocycles. The first-order chi connectivity index (χ1) is 17.1. The number of methoxy groups -OCH3 is 1. The van der Waals surface area contributed by atoms with Crippen LogP contribution in [0.3, 0.4) is 0 Å².